The molecule has 5 heteroatoms. The van der Waals surface area contributed by atoms with Gasteiger partial charge in [0.25, 0.3) is 5.91 Å². The number of nitriles is 1. The van der Waals surface area contributed by atoms with Crippen molar-refractivity contribution >= 4 is 5.91 Å². The number of benzene rings is 1. The normalized spacial score (nSPS) is 11.4. The molecule has 1 amide bonds. The second-order valence-electron chi connectivity index (χ2n) is 5.39. The first-order valence-corrected chi connectivity index (χ1v) is 7.35. The van der Waals surface area contributed by atoms with Crippen molar-refractivity contribution < 1.29 is 9.53 Å². The summed E-state index contributed by atoms with van der Waals surface area (Å²) in [7, 11) is 1.70. The second-order valence-corrected chi connectivity index (χ2v) is 5.39. The number of ether oxygens (including phenoxy) is 1. The molecule has 0 radical (unpaired) electrons. The molecule has 0 aliphatic carbocycles. The zero-order valence-electron chi connectivity index (χ0n) is 13.5. The summed E-state index contributed by atoms with van der Waals surface area (Å²) in [6.45, 7) is 3.77. The summed E-state index contributed by atoms with van der Waals surface area (Å²) in [4.78, 5) is 18.0. The molecule has 1 aromatic heterocycles. The van der Waals surface area contributed by atoms with E-state index in [4.69, 9.17) is 10.00 Å². The Morgan fingerprint density at radius 3 is 2.70 bits per heavy atom. The molecule has 0 bridgehead atoms. The van der Waals surface area contributed by atoms with Crippen LogP contribution in [0.1, 0.15) is 29.3 Å². The molecule has 5 nitrogen and oxygen atoms in total. The van der Waals surface area contributed by atoms with Crippen LogP contribution in [0.3, 0.4) is 0 Å². The molecule has 23 heavy (non-hydrogen) atoms. The molecular weight excluding hydrogens is 290 g/mol. The summed E-state index contributed by atoms with van der Waals surface area (Å²) >= 11 is 0. The number of rotatable bonds is 5. The fourth-order valence-electron chi connectivity index (χ4n) is 2.05. The van der Waals surface area contributed by atoms with Gasteiger partial charge in [0, 0.05) is 31.0 Å². The number of carbonyl (C=O) groups excluding carboxylic acids is 1. The van der Waals surface area contributed by atoms with Gasteiger partial charge in [-0.1, -0.05) is 6.07 Å². The predicted octanol–water partition coefficient (Wildman–Crippen LogP) is 3.56. The molecule has 0 aliphatic rings. The molecule has 1 atom stereocenters. The van der Waals surface area contributed by atoms with E-state index in [1.54, 1.807) is 48.6 Å². The third kappa shape index (κ3) is 4.07. The van der Waals surface area contributed by atoms with Crippen LogP contribution in [0.4, 0.5) is 0 Å². The van der Waals surface area contributed by atoms with Crippen molar-refractivity contribution in [3.05, 3.63) is 53.9 Å². The Hall–Kier alpha value is -2.87. The average Bonchev–Trinajstić information content (AvgIpc) is 2.56. The number of amides is 1. The summed E-state index contributed by atoms with van der Waals surface area (Å²) in [5.74, 6) is 1.16. The molecule has 0 saturated heterocycles. The summed E-state index contributed by atoms with van der Waals surface area (Å²) in [5.41, 5.74) is 1.47. The SMILES string of the molecule is Cc1ccc(C(=O)N(C)C(C)CC#N)cc1Oc1ccncc1. The molecule has 1 unspecified atom stereocenters. The van der Waals surface area contributed by atoms with Crippen LogP contribution in [-0.2, 0) is 0 Å². The summed E-state index contributed by atoms with van der Waals surface area (Å²) in [5, 5.41) is 8.77. The lowest BCUT2D eigenvalue weighted by molar-refractivity contribution is 0.0746. The zero-order chi connectivity index (χ0) is 16.8. The van der Waals surface area contributed by atoms with E-state index in [1.165, 1.54) is 0 Å². The van der Waals surface area contributed by atoms with Crippen molar-refractivity contribution in [3.63, 3.8) is 0 Å². The summed E-state index contributed by atoms with van der Waals surface area (Å²) < 4.78 is 5.82. The van der Waals surface area contributed by atoms with E-state index < -0.39 is 0 Å². The number of hydrogen-bond donors (Lipinski definition) is 0. The van der Waals surface area contributed by atoms with Gasteiger partial charge in [0.15, 0.2) is 0 Å². The maximum atomic E-state index is 12.5. The Bertz CT molecular complexity index is 723. The van der Waals surface area contributed by atoms with E-state index >= 15 is 0 Å². The first-order valence-electron chi connectivity index (χ1n) is 7.35. The van der Waals surface area contributed by atoms with Crippen LogP contribution in [-0.4, -0.2) is 28.9 Å². The number of pyridine rings is 1. The monoisotopic (exact) mass is 309 g/mol. The minimum Gasteiger partial charge on any atom is -0.457 e. The van der Waals surface area contributed by atoms with Gasteiger partial charge in [-0.3, -0.25) is 9.78 Å². The Balaban J connectivity index is 2.23. The highest BCUT2D eigenvalue weighted by atomic mass is 16.5. The summed E-state index contributed by atoms with van der Waals surface area (Å²) in [6.07, 6.45) is 3.60. The molecule has 1 aromatic carbocycles. The number of carbonyl (C=O) groups is 1. The molecule has 118 valence electrons. The van der Waals surface area contributed by atoms with Gasteiger partial charge in [-0.05, 0) is 43.7 Å². The van der Waals surface area contributed by atoms with Gasteiger partial charge in [0.05, 0.1) is 12.5 Å². The van der Waals surface area contributed by atoms with Crippen molar-refractivity contribution in [1.82, 2.24) is 9.88 Å². The smallest absolute Gasteiger partial charge is 0.254 e. The van der Waals surface area contributed by atoms with Gasteiger partial charge in [0.2, 0.25) is 0 Å². The van der Waals surface area contributed by atoms with E-state index in [-0.39, 0.29) is 11.9 Å². The maximum Gasteiger partial charge on any atom is 0.254 e. The largest absolute Gasteiger partial charge is 0.457 e. The van der Waals surface area contributed by atoms with Gasteiger partial charge >= 0.3 is 0 Å². The van der Waals surface area contributed by atoms with E-state index in [0.717, 1.165) is 5.56 Å². The molecule has 0 aliphatic heterocycles. The van der Waals surface area contributed by atoms with Gasteiger partial charge < -0.3 is 9.64 Å². The van der Waals surface area contributed by atoms with Crippen LogP contribution in [0.5, 0.6) is 11.5 Å². The number of nitrogens with zero attached hydrogens (tertiary/aromatic N) is 3. The minimum absolute atomic E-state index is 0.132. The number of hydrogen-bond acceptors (Lipinski definition) is 4. The molecule has 0 saturated carbocycles. The van der Waals surface area contributed by atoms with E-state index in [1.807, 2.05) is 19.9 Å². The lowest BCUT2D eigenvalue weighted by Gasteiger charge is -2.23. The highest BCUT2D eigenvalue weighted by Gasteiger charge is 2.18. The Morgan fingerprint density at radius 1 is 1.35 bits per heavy atom. The third-order valence-electron chi connectivity index (χ3n) is 3.68. The lowest BCUT2D eigenvalue weighted by Crippen LogP contribution is -2.34. The van der Waals surface area contributed by atoms with Crippen LogP contribution in [0, 0.1) is 18.3 Å². The highest BCUT2D eigenvalue weighted by molar-refractivity contribution is 5.94. The fraction of sp³-hybridized carbons (Fsp3) is 0.278. The molecule has 2 aromatic rings. The van der Waals surface area contributed by atoms with E-state index in [0.29, 0.717) is 23.5 Å². The zero-order valence-corrected chi connectivity index (χ0v) is 13.5. The van der Waals surface area contributed by atoms with Crippen LogP contribution >= 0.6 is 0 Å². The average molecular weight is 309 g/mol. The standard InChI is InChI=1S/C18H19N3O2/c1-13-4-5-15(18(22)21(3)14(2)6-9-19)12-17(13)23-16-7-10-20-11-8-16/h4-5,7-8,10-12,14H,6H2,1-3H3. The van der Waals surface area contributed by atoms with E-state index in [2.05, 4.69) is 11.1 Å². The molecule has 0 fully saturated rings. The minimum atomic E-state index is -0.140. The van der Waals surface area contributed by atoms with Gasteiger partial charge in [-0.15, -0.1) is 0 Å². The Kier molecular flexibility index (Phi) is 5.32. The van der Waals surface area contributed by atoms with E-state index in [9.17, 15) is 4.79 Å². The van der Waals surface area contributed by atoms with Crippen LogP contribution in [0.2, 0.25) is 0 Å². The molecule has 0 spiro atoms. The third-order valence-corrected chi connectivity index (χ3v) is 3.68. The molecule has 2 rings (SSSR count). The lowest BCUT2D eigenvalue weighted by atomic mass is 10.1. The van der Waals surface area contributed by atoms with Gasteiger partial charge in [-0.25, -0.2) is 0 Å². The number of aromatic nitrogens is 1. The van der Waals surface area contributed by atoms with Crippen LogP contribution in [0.25, 0.3) is 0 Å². The maximum absolute atomic E-state index is 12.5. The Labute approximate surface area is 136 Å². The van der Waals surface area contributed by atoms with Gasteiger partial charge in [0.1, 0.15) is 11.5 Å². The first kappa shape index (κ1) is 16.5. The first-order chi connectivity index (χ1) is 11.0. The second kappa shape index (κ2) is 7.41. The Morgan fingerprint density at radius 2 is 2.04 bits per heavy atom. The van der Waals surface area contributed by atoms with Crippen molar-refractivity contribution in [1.29, 1.82) is 5.26 Å². The summed E-state index contributed by atoms with van der Waals surface area (Å²) in [6, 6.07) is 10.8. The van der Waals surface area contributed by atoms with Crippen LogP contribution < -0.4 is 4.74 Å². The molecular formula is C18H19N3O2. The quantitative estimate of drug-likeness (QED) is 0.847. The van der Waals surface area contributed by atoms with Crippen molar-refractivity contribution in [2.24, 2.45) is 0 Å². The number of aryl methyl sites for hydroxylation is 1. The predicted molar refractivity (Wildman–Crippen MR) is 87.3 cm³/mol. The van der Waals surface area contributed by atoms with Gasteiger partial charge in [-0.2, -0.15) is 5.26 Å². The molecule has 1 heterocycles. The van der Waals surface area contributed by atoms with Crippen LogP contribution in [0.15, 0.2) is 42.7 Å². The highest BCUT2D eigenvalue weighted by Crippen LogP contribution is 2.26. The fourth-order valence-corrected chi connectivity index (χ4v) is 2.05. The molecule has 0 N–H and O–H groups in total. The topological polar surface area (TPSA) is 66.2 Å². The van der Waals surface area contributed by atoms with Crippen molar-refractivity contribution in [2.75, 3.05) is 7.05 Å². The van der Waals surface area contributed by atoms with Crippen molar-refractivity contribution in [2.45, 2.75) is 26.3 Å². The van der Waals surface area contributed by atoms with Crippen molar-refractivity contribution in [3.8, 4) is 17.6 Å².